The van der Waals surface area contributed by atoms with E-state index in [1.807, 2.05) is 0 Å². The summed E-state index contributed by atoms with van der Waals surface area (Å²) >= 11 is 0. The number of carboxylic acid groups (broad SMARTS) is 2. The summed E-state index contributed by atoms with van der Waals surface area (Å²) in [7, 11) is -4.84. The molecule has 0 heterocycles. The summed E-state index contributed by atoms with van der Waals surface area (Å²) < 4.78 is 28.7. The van der Waals surface area contributed by atoms with Gasteiger partial charge in [-0.05, 0) is 0 Å². The van der Waals surface area contributed by atoms with Gasteiger partial charge in [0.1, 0.15) is 0 Å². The van der Waals surface area contributed by atoms with E-state index >= 15 is 0 Å². The Bertz CT molecular complexity index is 722. The first kappa shape index (κ1) is 47.0. The molecule has 0 saturated carbocycles. The Morgan fingerprint density at radius 1 is 0.413 bits per heavy atom. The Balaban J connectivity index is 0. The lowest BCUT2D eigenvalue weighted by Crippen LogP contribution is -2.31. The van der Waals surface area contributed by atoms with Crippen LogP contribution in [0.1, 0.15) is 226 Å². The average molecular weight is 677 g/mol. The number of hydrogen-bond acceptors (Lipinski definition) is 4. The molecule has 0 aromatic heterocycles. The molecular formula is C38H76O7S. The summed E-state index contributed by atoms with van der Waals surface area (Å²) in [6, 6.07) is 0. The first-order chi connectivity index (χ1) is 22.2. The predicted octanol–water partition coefficient (Wildman–Crippen LogP) is 12.3. The van der Waals surface area contributed by atoms with Crippen LogP contribution in [-0.4, -0.2) is 40.4 Å². The van der Waals surface area contributed by atoms with Crippen molar-refractivity contribution in [2.75, 3.05) is 0 Å². The number of carboxylic acids is 2. The monoisotopic (exact) mass is 677 g/mol. The highest BCUT2D eigenvalue weighted by molar-refractivity contribution is 7.87. The fourth-order valence-corrected chi connectivity index (χ4v) is 6.54. The number of carbonyl (C=O) groups is 2. The number of unbranched alkanes of at least 4 members (excludes halogenated alkanes) is 31. The maximum absolute atomic E-state index is 10.2. The quantitative estimate of drug-likeness (QED) is 0.0450. The fraction of sp³-hybridized carbons (Fsp3) is 0.947. The lowest BCUT2D eigenvalue weighted by molar-refractivity contribution is -0.143. The second kappa shape index (κ2) is 36.7. The molecule has 0 aromatic carbocycles. The van der Waals surface area contributed by atoms with Crippen LogP contribution in [-0.2, 0) is 19.7 Å². The van der Waals surface area contributed by atoms with Crippen LogP contribution in [0.15, 0.2) is 0 Å². The van der Waals surface area contributed by atoms with E-state index in [9.17, 15) is 18.0 Å². The summed E-state index contributed by atoms with van der Waals surface area (Å²) in [5, 5.41) is 13.9. The second-order valence-electron chi connectivity index (χ2n) is 13.5. The molecule has 46 heavy (non-hydrogen) atoms. The highest BCUT2D eigenvalue weighted by Crippen LogP contribution is 2.16. The average Bonchev–Trinajstić information content (AvgIpc) is 3.00. The van der Waals surface area contributed by atoms with E-state index in [4.69, 9.17) is 14.8 Å². The molecule has 8 heteroatoms. The van der Waals surface area contributed by atoms with E-state index in [0.29, 0.717) is 0 Å². The second-order valence-corrected chi connectivity index (χ2v) is 15.1. The number of aliphatic carboxylic acids is 2. The third-order valence-electron chi connectivity index (χ3n) is 8.95. The molecule has 276 valence electrons. The smallest absolute Gasteiger partial charge is 0.325 e. The molecule has 3 N–H and O–H groups in total. The Labute approximate surface area is 285 Å². The van der Waals surface area contributed by atoms with Crippen molar-refractivity contribution in [3.05, 3.63) is 0 Å². The van der Waals surface area contributed by atoms with Crippen LogP contribution in [0.5, 0.6) is 0 Å². The molecule has 0 aromatic rings. The summed E-state index contributed by atoms with van der Waals surface area (Å²) in [5.74, 6) is -3.50. The van der Waals surface area contributed by atoms with E-state index in [2.05, 4.69) is 13.8 Å². The van der Waals surface area contributed by atoms with Crippen molar-refractivity contribution in [3.63, 3.8) is 0 Å². The Hall–Kier alpha value is -1.15. The van der Waals surface area contributed by atoms with Crippen molar-refractivity contribution >= 4 is 22.1 Å². The normalized spacial score (nSPS) is 12.1. The van der Waals surface area contributed by atoms with Crippen LogP contribution in [0.3, 0.4) is 0 Å². The van der Waals surface area contributed by atoms with Crippen LogP contribution >= 0.6 is 0 Å². The van der Waals surface area contributed by atoms with Gasteiger partial charge in [0.15, 0.2) is 5.25 Å². The van der Waals surface area contributed by atoms with E-state index in [1.54, 1.807) is 0 Å². The van der Waals surface area contributed by atoms with Gasteiger partial charge in [-0.3, -0.25) is 14.1 Å². The van der Waals surface area contributed by atoms with Crippen LogP contribution in [0.2, 0.25) is 0 Å². The highest BCUT2D eigenvalue weighted by Gasteiger charge is 2.33. The topological polar surface area (TPSA) is 129 Å². The van der Waals surface area contributed by atoms with Crippen molar-refractivity contribution in [3.8, 4) is 0 Å². The minimum absolute atomic E-state index is 1.16. The lowest BCUT2D eigenvalue weighted by Gasteiger charge is -2.04. The third kappa shape index (κ3) is 39.0. The van der Waals surface area contributed by atoms with Crippen molar-refractivity contribution in [2.45, 2.75) is 231 Å². The molecule has 7 nitrogen and oxygen atoms in total. The van der Waals surface area contributed by atoms with E-state index in [1.165, 1.54) is 205 Å². The van der Waals surface area contributed by atoms with Crippen LogP contribution in [0.4, 0.5) is 0 Å². The van der Waals surface area contributed by atoms with Crippen molar-refractivity contribution in [1.82, 2.24) is 0 Å². The molecule has 0 amide bonds. The molecule has 1 unspecified atom stereocenters. The van der Waals surface area contributed by atoms with Gasteiger partial charge in [-0.1, -0.05) is 219 Å². The van der Waals surface area contributed by atoms with Gasteiger partial charge in [-0.15, -0.1) is 0 Å². The molecule has 0 spiro atoms. The maximum Gasteiger partial charge on any atom is 0.325 e. The molecular weight excluding hydrogens is 600 g/mol. The zero-order valence-corrected chi connectivity index (χ0v) is 31.1. The first-order valence-corrected chi connectivity index (χ1v) is 21.1. The zero-order chi connectivity index (χ0) is 34.6. The summed E-state index contributed by atoms with van der Waals surface area (Å²) in [6.07, 6.45) is 46.2. The summed E-state index contributed by atoms with van der Waals surface area (Å²) in [4.78, 5) is 20.0. The van der Waals surface area contributed by atoms with E-state index in [-0.39, 0.29) is 0 Å². The summed E-state index contributed by atoms with van der Waals surface area (Å²) in [5.41, 5.74) is 0. The maximum atomic E-state index is 10.2. The largest absolute Gasteiger partial charge is 0.481 e. The third-order valence-corrected chi connectivity index (χ3v) is 10.0. The molecule has 1 atom stereocenters. The minimum Gasteiger partial charge on any atom is -0.481 e. The SMILES string of the molecule is CCCCCCCCCCCCCCCCCCCCCCCCCCCCCCCCCC.O=C(O)CC(C(=O)O)S(=O)(=O)O. The molecule has 0 radical (unpaired) electrons. The van der Waals surface area contributed by atoms with E-state index < -0.39 is 33.7 Å². The first-order valence-electron chi connectivity index (χ1n) is 19.6. The molecule has 0 saturated heterocycles. The number of rotatable bonds is 35. The van der Waals surface area contributed by atoms with Crippen LogP contribution in [0.25, 0.3) is 0 Å². The van der Waals surface area contributed by atoms with Crippen molar-refractivity contribution < 1.29 is 32.8 Å². The van der Waals surface area contributed by atoms with Gasteiger partial charge in [0.05, 0.1) is 6.42 Å². The zero-order valence-electron chi connectivity index (χ0n) is 30.3. The predicted molar refractivity (Wildman–Crippen MR) is 194 cm³/mol. The van der Waals surface area contributed by atoms with Gasteiger partial charge in [0, 0.05) is 0 Å². The molecule has 0 aliphatic rings. The molecule has 0 aliphatic heterocycles. The van der Waals surface area contributed by atoms with Gasteiger partial charge in [0.2, 0.25) is 0 Å². The molecule has 0 bridgehead atoms. The Morgan fingerprint density at radius 2 is 0.587 bits per heavy atom. The Morgan fingerprint density at radius 3 is 0.674 bits per heavy atom. The van der Waals surface area contributed by atoms with Crippen molar-refractivity contribution in [1.29, 1.82) is 0 Å². The van der Waals surface area contributed by atoms with Crippen molar-refractivity contribution in [2.24, 2.45) is 0 Å². The molecule has 0 rings (SSSR count). The number of hydrogen-bond donors (Lipinski definition) is 3. The standard InChI is InChI=1S/C34H70.C4H6O7S/c1-3-5-7-9-11-13-15-17-19-21-23-25-27-29-31-33-34-32-30-28-26-24-22-20-18-16-14-12-10-8-6-4-2;5-3(6)1-2(4(7)8)12(9,10)11/h3-34H2,1-2H3;2H,1H2,(H,5,6)(H,7,8)(H,9,10,11). The minimum atomic E-state index is -4.84. The lowest BCUT2D eigenvalue weighted by atomic mass is 10.0. The molecule has 0 fully saturated rings. The van der Waals surface area contributed by atoms with E-state index in [0.717, 1.165) is 0 Å². The van der Waals surface area contributed by atoms with Crippen LogP contribution in [0, 0.1) is 0 Å². The highest BCUT2D eigenvalue weighted by atomic mass is 32.2. The van der Waals surface area contributed by atoms with Gasteiger partial charge < -0.3 is 10.2 Å². The van der Waals surface area contributed by atoms with Gasteiger partial charge in [0.25, 0.3) is 10.1 Å². The van der Waals surface area contributed by atoms with Crippen LogP contribution < -0.4 is 0 Å². The summed E-state index contributed by atoms with van der Waals surface area (Å²) in [6.45, 7) is 4.62. The fourth-order valence-electron chi connectivity index (χ4n) is 5.93. The Kier molecular flexibility index (Phi) is 37.5. The van der Waals surface area contributed by atoms with Gasteiger partial charge >= 0.3 is 11.9 Å². The molecule has 0 aliphatic carbocycles. The van der Waals surface area contributed by atoms with Gasteiger partial charge in [-0.25, -0.2) is 0 Å². The van der Waals surface area contributed by atoms with Gasteiger partial charge in [-0.2, -0.15) is 8.42 Å².